The molecular formula is C14H18ClN3O2. The minimum absolute atomic E-state index is 0.137. The molecule has 108 valence electrons. The first-order chi connectivity index (χ1) is 9.54. The van der Waals surface area contributed by atoms with E-state index in [0.717, 1.165) is 17.9 Å². The average molecular weight is 296 g/mol. The van der Waals surface area contributed by atoms with Crippen LogP contribution in [0.5, 0.6) is 0 Å². The Hall–Kier alpha value is -1.33. The predicted octanol–water partition coefficient (Wildman–Crippen LogP) is 1.37. The van der Waals surface area contributed by atoms with E-state index in [9.17, 15) is 4.79 Å². The molecule has 1 aromatic heterocycles. The minimum Gasteiger partial charge on any atom is -0.381 e. The molecule has 3 rings (SSSR count). The second-order valence-corrected chi connectivity index (χ2v) is 6.03. The minimum atomic E-state index is -0.487. The molecule has 2 N–H and O–H groups in total. The predicted molar refractivity (Wildman–Crippen MR) is 76.8 cm³/mol. The second kappa shape index (κ2) is 4.90. The zero-order chi connectivity index (χ0) is 14.3. The normalized spacial score (nSPS) is 29.3. The topological polar surface area (TPSA) is 68.5 Å². The first-order valence-corrected chi connectivity index (χ1v) is 7.16. The molecule has 0 bridgehead atoms. The number of rotatable bonds is 2. The van der Waals surface area contributed by atoms with Crippen LogP contribution in [-0.4, -0.2) is 37.2 Å². The average Bonchev–Trinajstić information content (AvgIpc) is 2.82. The third-order valence-corrected chi connectivity index (χ3v) is 5.05. The summed E-state index contributed by atoms with van der Waals surface area (Å²) in [5.74, 6) is -0.0894. The lowest BCUT2D eigenvalue weighted by Gasteiger charge is -2.35. The van der Waals surface area contributed by atoms with E-state index in [1.165, 1.54) is 0 Å². The van der Waals surface area contributed by atoms with Crippen molar-refractivity contribution >= 4 is 23.2 Å². The van der Waals surface area contributed by atoms with Crippen molar-refractivity contribution in [2.24, 2.45) is 17.1 Å². The number of aromatic nitrogens is 1. The van der Waals surface area contributed by atoms with Crippen LogP contribution in [0.3, 0.4) is 0 Å². The van der Waals surface area contributed by atoms with Crippen molar-refractivity contribution in [3.63, 3.8) is 0 Å². The van der Waals surface area contributed by atoms with Gasteiger partial charge in [-0.15, -0.1) is 0 Å². The van der Waals surface area contributed by atoms with Gasteiger partial charge in [-0.1, -0.05) is 11.6 Å². The van der Waals surface area contributed by atoms with Crippen LogP contribution < -0.4 is 10.6 Å². The van der Waals surface area contributed by atoms with E-state index in [-0.39, 0.29) is 11.8 Å². The number of primary amides is 1. The van der Waals surface area contributed by atoms with Crippen molar-refractivity contribution < 1.29 is 9.53 Å². The molecule has 1 amide bonds. The lowest BCUT2D eigenvalue weighted by atomic mass is 9.74. The molecule has 2 aliphatic heterocycles. The molecule has 20 heavy (non-hydrogen) atoms. The second-order valence-electron chi connectivity index (χ2n) is 5.65. The summed E-state index contributed by atoms with van der Waals surface area (Å²) in [4.78, 5) is 18.3. The number of halogens is 1. The van der Waals surface area contributed by atoms with Crippen molar-refractivity contribution in [1.29, 1.82) is 0 Å². The van der Waals surface area contributed by atoms with Gasteiger partial charge in [-0.3, -0.25) is 9.78 Å². The number of carbonyl (C=O) groups is 1. The van der Waals surface area contributed by atoms with E-state index < -0.39 is 5.41 Å². The number of nitrogens with two attached hydrogens (primary N) is 1. The van der Waals surface area contributed by atoms with Crippen molar-refractivity contribution in [3.8, 4) is 0 Å². The molecule has 1 aromatic rings. The SMILES string of the molecule is Cc1nccc(N2C[C@@H]3COCC[C@]3(C(N)=O)C2)c1Cl. The molecule has 2 aliphatic rings. The van der Waals surface area contributed by atoms with E-state index in [1.807, 2.05) is 13.0 Å². The number of hydrogen-bond donors (Lipinski definition) is 1. The fourth-order valence-corrected chi connectivity index (χ4v) is 3.55. The van der Waals surface area contributed by atoms with Gasteiger partial charge in [-0.25, -0.2) is 0 Å². The molecule has 0 aliphatic carbocycles. The van der Waals surface area contributed by atoms with Gasteiger partial charge in [-0.2, -0.15) is 0 Å². The van der Waals surface area contributed by atoms with Gasteiger partial charge >= 0.3 is 0 Å². The first kappa shape index (κ1) is 13.6. The van der Waals surface area contributed by atoms with Gasteiger partial charge in [0.15, 0.2) is 0 Å². The van der Waals surface area contributed by atoms with E-state index in [0.29, 0.717) is 31.2 Å². The molecule has 0 aromatic carbocycles. The van der Waals surface area contributed by atoms with Crippen LogP contribution >= 0.6 is 11.6 Å². The van der Waals surface area contributed by atoms with Crippen LogP contribution in [0.15, 0.2) is 12.3 Å². The van der Waals surface area contributed by atoms with Crippen LogP contribution in [0.25, 0.3) is 0 Å². The van der Waals surface area contributed by atoms with Crippen molar-refractivity contribution in [1.82, 2.24) is 4.98 Å². The summed E-state index contributed by atoms with van der Waals surface area (Å²) in [7, 11) is 0. The lowest BCUT2D eigenvalue weighted by molar-refractivity contribution is -0.135. The number of anilines is 1. The molecule has 0 spiro atoms. The molecule has 0 saturated carbocycles. The zero-order valence-electron chi connectivity index (χ0n) is 11.4. The molecule has 2 atom stereocenters. The Bertz CT molecular complexity index is 551. The Morgan fingerprint density at radius 3 is 3.15 bits per heavy atom. The summed E-state index contributed by atoms with van der Waals surface area (Å²) >= 11 is 6.34. The fraction of sp³-hybridized carbons (Fsp3) is 0.571. The third kappa shape index (κ3) is 1.96. The molecule has 2 fully saturated rings. The Balaban J connectivity index is 1.95. The zero-order valence-corrected chi connectivity index (χ0v) is 12.2. The van der Waals surface area contributed by atoms with Gasteiger partial charge in [0, 0.05) is 31.8 Å². The van der Waals surface area contributed by atoms with Crippen molar-refractivity contribution in [3.05, 3.63) is 23.0 Å². The van der Waals surface area contributed by atoms with E-state index in [2.05, 4.69) is 9.88 Å². The fourth-order valence-electron chi connectivity index (χ4n) is 3.32. The molecule has 5 nitrogen and oxygen atoms in total. The number of carbonyl (C=O) groups excluding carboxylic acids is 1. The van der Waals surface area contributed by atoms with E-state index >= 15 is 0 Å². The monoisotopic (exact) mass is 295 g/mol. The van der Waals surface area contributed by atoms with Crippen molar-refractivity contribution in [2.45, 2.75) is 13.3 Å². The molecule has 0 radical (unpaired) electrons. The summed E-state index contributed by atoms with van der Waals surface area (Å²) in [6.07, 6.45) is 2.43. The summed E-state index contributed by atoms with van der Waals surface area (Å²) in [6, 6.07) is 1.89. The Morgan fingerprint density at radius 2 is 2.45 bits per heavy atom. The number of aryl methyl sites for hydroxylation is 1. The van der Waals surface area contributed by atoms with Gasteiger partial charge in [0.2, 0.25) is 5.91 Å². The van der Waals surface area contributed by atoms with Crippen LogP contribution in [0.2, 0.25) is 5.02 Å². The Morgan fingerprint density at radius 1 is 1.65 bits per heavy atom. The van der Waals surface area contributed by atoms with Crippen LogP contribution in [-0.2, 0) is 9.53 Å². The highest BCUT2D eigenvalue weighted by Crippen LogP contribution is 2.44. The van der Waals surface area contributed by atoms with Gasteiger partial charge in [-0.05, 0) is 19.4 Å². The lowest BCUT2D eigenvalue weighted by Crippen LogP contribution is -2.48. The highest BCUT2D eigenvalue weighted by atomic mass is 35.5. The maximum atomic E-state index is 12.0. The molecule has 3 heterocycles. The van der Waals surface area contributed by atoms with Gasteiger partial charge in [0.05, 0.1) is 28.4 Å². The number of amides is 1. The van der Waals surface area contributed by atoms with Crippen LogP contribution in [0, 0.1) is 18.3 Å². The van der Waals surface area contributed by atoms with E-state index in [1.54, 1.807) is 6.20 Å². The van der Waals surface area contributed by atoms with Crippen LogP contribution in [0.1, 0.15) is 12.1 Å². The van der Waals surface area contributed by atoms with Gasteiger partial charge in [0.25, 0.3) is 0 Å². The number of ether oxygens (including phenoxy) is 1. The Labute approximate surface area is 123 Å². The first-order valence-electron chi connectivity index (χ1n) is 6.78. The summed E-state index contributed by atoms with van der Waals surface area (Å²) in [5, 5.41) is 0.645. The highest BCUT2D eigenvalue weighted by molar-refractivity contribution is 6.33. The number of fused-ring (bicyclic) bond motifs is 1. The van der Waals surface area contributed by atoms with Crippen LogP contribution in [0.4, 0.5) is 5.69 Å². The summed E-state index contributed by atoms with van der Waals surface area (Å²) in [6.45, 7) is 4.41. The smallest absolute Gasteiger partial charge is 0.225 e. The van der Waals surface area contributed by atoms with Gasteiger partial charge < -0.3 is 15.4 Å². The molecule has 6 heteroatoms. The maximum Gasteiger partial charge on any atom is 0.225 e. The number of nitrogens with zero attached hydrogens (tertiary/aromatic N) is 2. The summed E-state index contributed by atoms with van der Waals surface area (Å²) in [5.41, 5.74) is 6.92. The third-order valence-electron chi connectivity index (χ3n) is 4.58. The summed E-state index contributed by atoms with van der Waals surface area (Å²) < 4.78 is 5.52. The molecule has 0 unspecified atom stereocenters. The Kier molecular flexibility index (Phi) is 3.34. The van der Waals surface area contributed by atoms with E-state index in [4.69, 9.17) is 22.1 Å². The molecule has 2 saturated heterocycles. The largest absolute Gasteiger partial charge is 0.381 e. The van der Waals surface area contributed by atoms with Crippen molar-refractivity contribution in [2.75, 3.05) is 31.2 Å². The maximum absolute atomic E-state index is 12.0. The van der Waals surface area contributed by atoms with Gasteiger partial charge in [0.1, 0.15) is 0 Å². The molecular weight excluding hydrogens is 278 g/mol. The quantitative estimate of drug-likeness (QED) is 0.895. The highest BCUT2D eigenvalue weighted by Gasteiger charge is 2.52. The standard InChI is InChI=1S/C14H18ClN3O2/c1-9-12(15)11(2-4-17-9)18-6-10-7-20-5-3-14(10,8-18)13(16)19/h2,4,10H,3,5-8H2,1H3,(H2,16,19)/t10-,14+/m1/s1. The number of pyridine rings is 1. The number of hydrogen-bond acceptors (Lipinski definition) is 4.